The van der Waals surface area contributed by atoms with Crippen LogP contribution in [0.25, 0.3) is 22.5 Å². The largest absolute Gasteiger partial charge is 0.314 e. The maximum absolute atomic E-state index is 13.2. The summed E-state index contributed by atoms with van der Waals surface area (Å²) < 4.78 is 15.0. The molecule has 1 fully saturated rings. The van der Waals surface area contributed by atoms with E-state index in [1.165, 1.54) is 17.7 Å². The van der Waals surface area contributed by atoms with E-state index in [4.69, 9.17) is 0 Å². The average molecular weight is 336 g/mol. The molecule has 1 N–H and O–H groups in total. The molecule has 0 bridgehead atoms. The van der Waals surface area contributed by atoms with Gasteiger partial charge in [0, 0.05) is 49.1 Å². The fourth-order valence-electron chi connectivity index (χ4n) is 3.52. The van der Waals surface area contributed by atoms with Gasteiger partial charge in [0.15, 0.2) is 0 Å². The number of benzene rings is 1. The molecule has 0 unspecified atom stereocenters. The fraction of sp³-hybridized carbons (Fsp3) is 0.300. The number of nitrogens with zero attached hydrogens (tertiary/aromatic N) is 3. The quantitative estimate of drug-likeness (QED) is 0.792. The lowest BCUT2D eigenvalue weighted by Gasteiger charge is -2.15. The topological polar surface area (TPSA) is 42.7 Å². The van der Waals surface area contributed by atoms with Crippen molar-refractivity contribution in [3.63, 3.8) is 0 Å². The molecule has 3 aromatic rings. The van der Waals surface area contributed by atoms with Gasteiger partial charge in [-0.05, 0) is 55.3 Å². The van der Waals surface area contributed by atoms with Gasteiger partial charge in [-0.3, -0.25) is 9.67 Å². The van der Waals surface area contributed by atoms with Crippen molar-refractivity contribution in [1.82, 2.24) is 20.1 Å². The van der Waals surface area contributed by atoms with Gasteiger partial charge in [0.2, 0.25) is 0 Å². The molecule has 1 aliphatic rings. The van der Waals surface area contributed by atoms with E-state index in [1.54, 1.807) is 12.1 Å². The highest BCUT2D eigenvalue weighted by Crippen LogP contribution is 2.35. The van der Waals surface area contributed by atoms with Crippen LogP contribution in [0.2, 0.25) is 0 Å². The second-order valence-corrected chi connectivity index (χ2v) is 6.78. The molecule has 1 aliphatic heterocycles. The van der Waals surface area contributed by atoms with Crippen molar-refractivity contribution in [3.05, 3.63) is 60.2 Å². The summed E-state index contributed by atoms with van der Waals surface area (Å²) in [6.07, 6.45) is 5.01. The number of nitrogens with one attached hydrogen (secondary N) is 1. The number of aryl methyl sites for hydroxylation is 1. The van der Waals surface area contributed by atoms with E-state index in [2.05, 4.69) is 28.4 Å². The van der Waals surface area contributed by atoms with Gasteiger partial charge in [0.25, 0.3) is 0 Å². The van der Waals surface area contributed by atoms with Gasteiger partial charge in [0.1, 0.15) is 5.82 Å². The molecule has 1 aromatic carbocycles. The van der Waals surface area contributed by atoms with Crippen LogP contribution in [0.15, 0.2) is 48.8 Å². The van der Waals surface area contributed by atoms with E-state index in [0.717, 1.165) is 35.5 Å². The number of hydrogen-bond acceptors (Lipinski definition) is 3. The molecule has 0 saturated carbocycles. The summed E-state index contributed by atoms with van der Waals surface area (Å²) in [5.74, 6) is 0.193. The molecule has 3 heterocycles. The maximum Gasteiger partial charge on any atom is 0.123 e. The zero-order chi connectivity index (χ0) is 17.4. The minimum atomic E-state index is -0.240. The molecule has 0 radical (unpaired) electrons. The van der Waals surface area contributed by atoms with E-state index in [-0.39, 0.29) is 5.82 Å². The third-order valence-electron chi connectivity index (χ3n) is 4.85. The summed E-state index contributed by atoms with van der Waals surface area (Å²) in [6, 6.07) is 11.1. The molecule has 0 spiro atoms. The normalized spacial score (nSPS) is 20.1. The summed E-state index contributed by atoms with van der Waals surface area (Å²) in [5.41, 5.74) is 5.02. The first-order valence-corrected chi connectivity index (χ1v) is 8.59. The summed E-state index contributed by atoms with van der Waals surface area (Å²) >= 11 is 0. The van der Waals surface area contributed by atoms with Crippen LogP contribution in [0.1, 0.15) is 24.8 Å². The first-order valence-electron chi connectivity index (χ1n) is 8.59. The van der Waals surface area contributed by atoms with E-state index < -0.39 is 0 Å². The van der Waals surface area contributed by atoms with Gasteiger partial charge in [-0.1, -0.05) is 0 Å². The van der Waals surface area contributed by atoms with Crippen molar-refractivity contribution < 1.29 is 4.39 Å². The molecule has 128 valence electrons. The number of aromatic nitrogens is 3. The molecule has 2 atom stereocenters. The van der Waals surface area contributed by atoms with E-state index >= 15 is 0 Å². The van der Waals surface area contributed by atoms with Crippen LogP contribution >= 0.6 is 0 Å². The zero-order valence-corrected chi connectivity index (χ0v) is 14.4. The molecule has 4 rings (SSSR count). The molecule has 0 aliphatic carbocycles. The van der Waals surface area contributed by atoms with Gasteiger partial charge in [-0.25, -0.2) is 4.39 Å². The average Bonchev–Trinajstić information content (AvgIpc) is 3.23. The Morgan fingerprint density at radius 3 is 2.60 bits per heavy atom. The van der Waals surface area contributed by atoms with Gasteiger partial charge in [-0.2, -0.15) is 5.10 Å². The summed E-state index contributed by atoms with van der Waals surface area (Å²) in [6.45, 7) is 3.17. The highest BCUT2D eigenvalue weighted by Gasteiger charge is 2.26. The van der Waals surface area contributed by atoms with Crippen molar-refractivity contribution in [2.75, 3.05) is 6.54 Å². The first-order chi connectivity index (χ1) is 12.1. The van der Waals surface area contributed by atoms with Crippen molar-refractivity contribution in [2.24, 2.45) is 7.05 Å². The monoisotopic (exact) mass is 336 g/mol. The molecule has 0 amide bonds. The maximum atomic E-state index is 13.2. The molecule has 2 aromatic heterocycles. The Bertz CT molecular complexity index is 885. The zero-order valence-electron chi connectivity index (χ0n) is 14.4. The van der Waals surface area contributed by atoms with Crippen molar-refractivity contribution >= 4 is 0 Å². The highest BCUT2D eigenvalue weighted by atomic mass is 19.1. The van der Waals surface area contributed by atoms with E-state index in [9.17, 15) is 4.39 Å². The lowest BCUT2D eigenvalue weighted by Crippen LogP contribution is -2.16. The van der Waals surface area contributed by atoms with Crippen LogP contribution in [-0.2, 0) is 7.05 Å². The molecule has 5 heteroatoms. The molecule has 1 saturated heterocycles. The Morgan fingerprint density at radius 2 is 1.96 bits per heavy atom. The van der Waals surface area contributed by atoms with Gasteiger partial charge in [0.05, 0.1) is 11.4 Å². The lowest BCUT2D eigenvalue weighted by molar-refractivity contribution is 0.628. The standard InChI is InChI=1S/C20H21FN4/c1-13-9-15(11-22-13)18-12-23-20(14-3-5-16(21)6-4-14)10-17(18)19-7-8-25(2)24-19/h3-8,10,12-13,15,22H,9,11H2,1-2H3/t13-,15+/m0/s1. The van der Waals surface area contributed by atoms with Crippen molar-refractivity contribution in [2.45, 2.75) is 25.3 Å². The predicted molar refractivity (Wildman–Crippen MR) is 96.7 cm³/mol. The second-order valence-electron chi connectivity index (χ2n) is 6.78. The van der Waals surface area contributed by atoms with Crippen LogP contribution in [0.4, 0.5) is 4.39 Å². The van der Waals surface area contributed by atoms with Crippen LogP contribution in [0, 0.1) is 5.82 Å². The van der Waals surface area contributed by atoms with Crippen LogP contribution in [-0.4, -0.2) is 27.4 Å². The van der Waals surface area contributed by atoms with E-state index in [0.29, 0.717) is 12.0 Å². The Labute approximate surface area is 146 Å². The smallest absolute Gasteiger partial charge is 0.123 e. The number of pyridine rings is 1. The number of rotatable bonds is 3. The summed E-state index contributed by atoms with van der Waals surface area (Å²) in [4.78, 5) is 4.66. The third-order valence-corrected chi connectivity index (χ3v) is 4.85. The van der Waals surface area contributed by atoms with Crippen LogP contribution in [0.5, 0.6) is 0 Å². The highest BCUT2D eigenvalue weighted by molar-refractivity contribution is 5.71. The van der Waals surface area contributed by atoms with Crippen molar-refractivity contribution in [1.29, 1.82) is 0 Å². The van der Waals surface area contributed by atoms with Crippen LogP contribution < -0.4 is 5.32 Å². The Kier molecular flexibility index (Phi) is 4.09. The van der Waals surface area contributed by atoms with Gasteiger partial charge < -0.3 is 5.32 Å². The third kappa shape index (κ3) is 3.20. The SMILES string of the molecule is C[C@H]1C[C@@H](c2cnc(-c3ccc(F)cc3)cc2-c2ccn(C)n2)CN1. The first kappa shape index (κ1) is 16.0. The number of halogens is 1. The lowest BCUT2D eigenvalue weighted by atomic mass is 9.91. The molecule has 4 nitrogen and oxygen atoms in total. The Hall–Kier alpha value is -2.53. The van der Waals surface area contributed by atoms with Crippen molar-refractivity contribution in [3.8, 4) is 22.5 Å². The van der Waals surface area contributed by atoms with Crippen LogP contribution in [0.3, 0.4) is 0 Å². The van der Waals surface area contributed by atoms with Gasteiger partial charge >= 0.3 is 0 Å². The molecular weight excluding hydrogens is 315 g/mol. The summed E-state index contributed by atoms with van der Waals surface area (Å²) in [7, 11) is 1.92. The Balaban J connectivity index is 1.80. The Morgan fingerprint density at radius 1 is 1.16 bits per heavy atom. The van der Waals surface area contributed by atoms with Gasteiger partial charge in [-0.15, -0.1) is 0 Å². The minimum Gasteiger partial charge on any atom is -0.314 e. The second kappa shape index (κ2) is 6.41. The minimum absolute atomic E-state index is 0.240. The number of hydrogen-bond donors (Lipinski definition) is 1. The molecular formula is C20H21FN4. The summed E-state index contributed by atoms with van der Waals surface area (Å²) in [5, 5.41) is 8.10. The van der Waals surface area contributed by atoms with E-state index in [1.807, 2.05) is 30.2 Å². The predicted octanol–water partition coefficient (Wildman–Crippen LogP) is 3.75. The fourth-order valence-corrected chi connectivity index (χ4v) is 3.52. The molecule has 25 heavy (non-hydrogen) atoms.